The van der Waals surface area contributed by atoms with E-state index in [1.54, 1.807) is 11.3 Å². The smallest absolute Gasteiger partial charge is 0.263 e. The zero-order valence-corrected chi connectivity index (χ0v) is 14.8. The second-order valence-corrected chi connectivity index (χ2v) is 7.72. The fourth-order valence-corrected chi connectivity index (χ4v) is 4.61. The summed E-state index contributed by atoms with van der Waals surface area (Å²) in [5.74, 6) is 0.336. The molecule has 128 valence electrons. The molecule has 0 bridgehead atoms. The Labute approximate surface area is 151 Å². The number of nitrogens with zero attached hydrogens (tertiary/aromatic N) is 1. The largest absolute Gasteiger partial charge is 0.388 e. The van der Waals surface area contributed by atoms with Crippen LogP contribution in [0.5, 0.6) is 0 Å². The third-order valence-corrected chi connectivity index (χ3v) is 6.15. The van der Waals surface area contributed by atoms with E-state index in [1.807, 2.05) is 59.5 Å². The highest BCUT2D eigenvalue weighted by Crippen LogP contribution is 2.32. The van der Waals surface area contributed by atoms with E-state index in [4.69, 9.17) is 0 Å². The van der Waals surface area contributed by atoms with E-state index in [2.05, 4.69) is 6.07 Å². The number of carbonyl (C=O) groups excluding carboxylic acids is 1. The van der Waals surface area contributed by atoms with E-state index in [1.165, 1.54) is 0 Å². The van der Waals surface area contributed by atoms with E-state index in [0.29, 0.717) is 13.1 Å². The summed E-state index contributed by atoms with van der Waals surface area (Å²) in [5.41, 5.74) is 0.969. The normalized spacial score (nSPS) is 16.9. The summed E-state index contributed by atoms with van der Waals surface area (Å²) < 4.78 is 1.15. The van der Waals surface area contributed by atoms with E-state index < -0.39 is 6.10 Å². The lowest BCUT2D eigenvalue weighted by atomic mass is 9.87. The number of carbonyl (C=O) groups is 1. The summed E-state index contributed by atoms with van der Waals surface area (Å²) >= 11 is 1.56. The average molecular weight is 351 g/mol. The molecule has 1 amide bonds. The maximum atomic E-state index is 12.8. The number of fused-ring (bicyclic) bond motifs is 1. The first-order valence-electron chi connectivity index (χ1n) is 8.73. The van der Waals surface area contributed by atoms with Crippen LogP contribution in [0.3, 0.4) is 0 Å². The third-order valence-electron chi connectivity index (χ3n) is 5.05. The van der Waals surface area contributed by atoms with Crippen LogP contribution in [0.1, 0.15) is 34.2 Å². The Bertz CT molecular complexity index is 833. The summed E-state index contributed by atoms with van der Waals surface area (Å²) in [5, 5.41) is 11.7. The summed E-state index contributed by atoms with van der Waals surface area (Å²) in [6.45, 7) is 1.42. The number of amides is 1. The number of aliphatic hydroxyl groups excluding tert-OH is 1. The lowest BCUT2D eigenvalue weighted by Gasteiger charge is -2.34. The number of rotatable bonds is 3. The van der Waals surface area contributed by atoms with E-state index in [0.717, 1.165) is 33.4 Å². The Kier molecular flexibility index (Phi) is 4.55. The molecule has 0 saturated carbocycles. The highest BCUT2D eigenvalue weighted by atomic mass is 32.1. The van der Waals surface area contributed by atoms with Gasteiger partial charge in [0.25, 0.3) is 5.91 Å². The first-order chi connectivity index (χ1) is 12.2. The van der Waals surface area contributed by atoms with E-state index in [-0.39, 0.29) is 11.8 Å². The highest BCUT2D eigenvalue weighted by Gasteiger charge is 2.29. The minimum absolute atomic E-state index is 0.119. The van der Waals surface area contributed by atoms with Crippen LogP contribution < -0.4 is 0 Å². The molecular weight excluding hydrogens is 330 g/mol. The van der Waals surface area contributed by atoms with Crippen molar-refractivity contribution in [2.75, 3.05) is 13.1 Å². The zero-order valence-electron chi connectivity index (χ0n) is 14.0. The van der Waals surface area contributed by atoms with Crippen molar-refractivity contribution in [3.63, 3.8) is 0 Å². The highest BCUT2D eigenvalue weighted by molar-refractivity contribution is 7.20. The van der Waals surface area contributed by atoms with Crippen LogP contribution in [0.15, 0.2) is 60.7 Å². The lowest BCUT2D eigenvalue weighted by Crippen LogP contribution is -2.39. The summed E-state index contributed by atoms with van der Waals surface area (Å²) in [6.07, 6.45) is 1.24. The first-order valence-corrected chi connectivity index (χ1v) is 9.55. The minimum atomic E-state index is -0.442. The molecule has 0 spiro atoms. The molecule has 3 nitrogen and oxygen atoms in total. The van der Waals surface area contributed by atoms with Gasteiger partial charge in [0.2, 0.25) is 0 Å². The van der Waals surface area contributed by atoms with Gasteiger partial charge in [0.15, 0.2) is 0 Å². The lowest BCUT2D eigenvalue weighted by molar-refractivity contribution is 0.0465. The molecule has 4 heteroatoms. The Morgan fingerprint density at radius 1 is 1.04 bits per heavy atom. The number of aliphatic hydroxyl groups is 1. The van der Waals surface area contributed by atoms with Gasteiger partial charge in [0.1, 0.15) is 0 Å². The molecule has 0 aliphatic carbocycles. The van der Waals surface area contributed by atoms with Crippen molar-refractivity contribution < 1.29 is 9.90 Å². The maximum Gasteiger partial charge on any atom is 0.263 e. The Balaban J connectivity index is 1.42. The SMILES string of the molecule is O=C(c1cc2ccccc2s1)N1CCC(C(O)c2ccccc2)CC1. The molecule has 1 N–H and O–H groups in total. The Morgan fingerprint density at radius 3 is 2.44 bits per heavy atom. The number of hydrogen-bond acceptors (Lipinski definition) is 3. The van der Waals surface area contributed by atoms with Crippen LogP contribution in [0.25, 0.3) is 10.1 Å². The van der Waals surface area contributed by atoms with Gasteiger partial charge in [-0.3, -0.25) is 4.79 Å². The fourth-order valence-electron chi connectivity index (χ4n) is 3.58. The molecule has 3 aromatic rings. The van der Waals surface area contributed by atoms with Crippen molar-refractivity contribution >= 4 is 27.3 Å². The van der Waals surface area contributed by atoms with Crippen LogP contribution in [0.4, 0.5) is 0 Å². The molecule has 2 heterocycles. The summed E-state index contributed by atoms with van der Waals surface area (Å²) in [6, 6.07) is 19.9. The summed E-state index contributed by atoms with van der Waals surface area (Å²) in [4.78, 5) is 15.5. The monoisotopic (exact) mass is 351 g/mol. The third kappa shape index (κ3) is 3.32. The van der Waals surface area contributed by atoms with Crippen LogP contribution in [0.2, 0.25) is 0 Å². The van der Waals surface area contributed by atoms with Gasteiger partial charge < -0.3 is 10.0 Å². The number of hydrogen-bond donors (Lipinski definition) is 1. The second-order valence-electron chi connectivity index (χ2n) is 6.63. The van der Waals surface area contributed by atoms with Crippen LogP contribution in [-0.2, 0) is 0 Å². The average Bonchev–Trinajstić information content (AvgIpc) is 3.12. The van der Waals surface area contributed by atoms with Crippen molar-refractivity contribution in [2.24, 2.45) is 5.92 Å². The van der Waals surface area contributed by atoms with Gasteiger partial charge >= 0.3 is 0 Å². The zero-order chi connectivity index (χ0) is 17.2. The van der Waals surface area contributed by atoms with Crippen molar-refractivity contribution in [3.8, 4) is 0 Å². The van der Waals surface area contributed by atoms with Crippen molar-refractivity contribution in [2.45, 2.75) is 18.9 Å². The standard InChI is InChI=1S/C21H21NO2S/c23-20(15-6-2-1-3-7-15)16-10-12-22(13-11-16)21(24)19-14-17-8-4-5-9-18(17)25-19/h1-9,14,16,20,23H,10-13H2. The van der Waals surface area contributed by atoms with Crippen molar-refractivity contribution in [3.05, 3.63) is 71.1 Å². The van der Waals surface area contributed by atoms with Gasteiger partial charge in [-0.1, -0.05) is 48.5 Å². The topological polar surface area (TPSA) is 40.5 Å². The molecule has 2 aromatic carbocycles. The number of benzene rings is 2. The Hall–Kier alpha value is -2.17. The van der Waals surface area contributed by atoms with E-state index in [9.17, 15) is 9.90 Å². The molecule has 4 rings (SSSR count). The predicted octanol–water partition coefficient (Wildman–Crippen LogP) is 4.49. The second kappa shape index (κ2) is 6.98. The maximum absolute atomic E-state index is 12.8. The number of likely N-dealkylation sites (tertiary alicyclic amines) is 1. The quantitative estimate of drug-likeness (QED) is 0.755. The molecule has 1 fully saturated rings. The molecule has 1 aliphatic heterocycles. The van der Waals surface area contributed by atoms with E-state index >= 15 is 0 Å². The van der Waals surface area contributed by atoms with Crippen LogP contribution in [0, 0.1) is 5.92 Å². The van der Waals surface area contributed by atoms with Crippen molar-refractivity contribution in [1.82, 2.24) is 4.90 Å². The molecule has 1 atom stereocenters. The van der Waals surface area contributed by atoms with Gasteiger partial charge in [-0.15, -0.1) is 11.3 Å². The Morgan fingerprint density at radius 2 is 1.72 bits per heavy atom. The molecule has 0 radical (unpaired) electrons. The molecule has 1 saturated heterocycles. The van der Waals surface area contributed by atoms with Gasteiger partial charge in [0.05, 0.1) is 11.0 Å². The molecule has 1 unspecified atom stereocenters. The van der Waals surface area contributed by atoms with Crippen LogP contribution in [-0.4, -0.2) is 29.0 Å². The molecule has 1 aliphatic rings. The van der Waals surface area contributed by atoms with Crippen LogP contribution >= 0.6 is 11.3 Å². The van der Waals surface area contributed by atoms with Gasteiger partial charge in [-0.05, 0) is 41.8 Å². The molecular formula is C21H21NO2S. The van der Waals surface area contributed by atoms with Gasteiger partial charge in [-0.25, -0.2) is 0 Å². The number of piperidine rings is 1. The number of thiophene rings is 1. The minimum Gasteiger partial charge on any atom is -0.388 e. The van der Waals surface area contributed by atoms with Crippen molar-refractivity contribution in [1.29, 1.82) is 0 Å². The predicted molar refractivity (Wildman–Crippen MR) is 102 cm³/mol. The van der Waals surface area contributed by atoms with Gasteiger partial charge in [0, 0.05) is 17.8 Å². The molecule has 1 aromatic heterocycles. The van der Waals surface area contributed by atoms with Gasteiger partial charge in [-0.2, -0.15) is 0 Å². The molecule has 25 heavy (non-hydrogen) atoms. The summed E-state index contributed by atoms with van der Waals surface area (Å²) in [7, 11) is 0. The first kappa shape index (κ1) is 16.3. The fraction of sp³-hybridized carbons (Fsp3) is 0.286.